The molecule has 0 bridgehead atoms. The van der Waals surface area contributed by atoms with Crippen molar-refractivity contribution in [2.45, 2.75) is 20.4 Å². The minimum Gasteiger partial charge on any atom is -0.350 e. The van der Waals surface area contributed by atoms with E-state index in [-0.39, 0.29) is 30.5 Å². The Bertz CT molecular complexity index is 954. The summed E-state index contributed by atoms with van der Waals surface area (Å²) >= 11 is 1.07. The molecule has 144 valence electrons. The highest BCUT2D eigenvalue weighted by atomic mass is 32.1. The molecule has 2 amide bonds. The van der Waals surface area contributed by atoms with Crippen LogP contribution in [0.1, 0.15) is 27.2 Å². The second-order valence-corrected chi connectivity index (χ2v) is 7.04. The SMILES string of the molecule is Cc1cc(C)cc(N(CC(=O)NCc2ccc(F)cc2)C(=O)c2csnn2)c1. The Morgan fingerprint density at radius 1 is 1.11 bits per heavy atom. The van der Waals surface area contributed by atoms with Gasteiger partial charge in [0, 0.05) is 17.6 Å². The van der Waals surface area contributed by atoms with Crippen molar-refractivity contribution in [1.82, 2.24) is 14.9 Å². The van der Waals surface area contributed by atoms with E-state index in [4.69, 9.17) is 0 Å². The molecule has 0 radical (unpaired) electrons. The normalized spacial score (nSPS) is 10.5. The van der Waals surface area contributed by atoms with E-state index in [0.717, 1.165) is 28.2 Å². The van der Waals surface area contributed by atoms with Crippen LogP contribution in [-0.4, -0.2) is 27.9 Å². The molecule has 3 aromatic rings. The molecule has 0 saturated heterocycles. The van der Waals surface area contributed by atoms with E-state index in [9.17, 15) is 14.0 Å². The molecule has 0 saturated carbocycles. The van der Waals surface area contributed by atoms with Gasteiger partial charge in [-0.25, -0.2) is 4.39 Å². The highest BCUT2D eigenvalue weighted by Gasteiger charge is 2.23. The van der Waals surface area contributed by atoms with Crippen molar-refractivity contribution in [2.24, 2.45) is 0 Å². The van der Waals surface area contributed by atoms with Crippen molar-refractivity contribution in [2.75, 3.05) is 11.4 Å². The Morgan fingerprint density at radius 2 is 1.79 bits per heavy atom. The first kappa shape index (κ1) is 19.6. The van der Waals surface area contributed by atoms with Gasteiger partial charge in [-0.1, -0.05) is 22.7 Å². The number of aromatic nitrogens is 2. The van der Waals surface area contributed by atoms with E-state index in [1.54, 1.807) is 17.5 Å². The van der Waals surface area contributed by atoms with Crippen LogP contribution < -0.4 is 10.2 Å². The third-order valence-electron chi connectivity index (χ3n) is 4.05. The van der Waals surface area contributed by atoms with Crippen molar-refractivity contribution in [1.29, 1.82) is 0 Å². The maximum Gasteiger partial charge on any atom is 0.280 e. The third kappa shape index (κ3) is 4.98. The van der Waals surface area contributed by atoms with Crippen LogP contribution in [0.25, 0.3) is 0 Å². The molecule has 0 unspecified atom stereocenters. The van der Waals surface area contributed by atoms with Gasteiger partial charge in [0.25, 0.3) is 5.91 Å². The van der Waals surface area contributed by atoms with Gasteiger partial charge in [-0.15, -0.1) is 5.10 Å². The Labute approximate surface area is 166 Å². The summed E-state index contributed by atoms with van der Waals surface area (Å²) in [4.78, 5) is 26.8. The summed E-state index contributed by atoms with van der Waals surface area (Å²) in [6, 6.07) is 11.6. The second-order valence-electron chi connectivity index (χ2n) is 6.43. The highest BCUT2D eigenvalue weighted by molar-refractivity contribution is 7.03. The number of aryl methyl sites for hydroxylation is 2. The number of benzene rings is 2. The lowest BCUT2D eigenvalue weighted by atomic mass is 10.1. The van der Waals surface area contributed by atoms with Crippen LogP contribution in [0.4, 0.5) is 10.1 Å². The minimum atomic E-state index is -0.393. The predicted octanol–water partition coefficient (Wildman–Crippen LogP) is 3.26. The second kappa shape index (κ2) is 8.71. The smallest absolute Gasteiger partial charge is 0.280 e. The van der Waals surface area contributed by atoms with E-state index in [2.05, 4.69) is 14.9 Å². The first-order valence-electron chi connectivity index (χ1n) is 8.61. The van der Waals surface area contributed by atoms with Crippen molar-refractivity contribution in [3.05, 3.63) is 76.0 Å². The van der Waals surface area contributed by atoms with Gasteiger partial charge in [0.1, 0.15) is 12.4 Å². The molecule has 1 heterocycles. The lowest BCUT2D eigenvalue weighted by molar-refractivity contribution is -0.119. The van der Waals surface area contributed by atoms with Crippen LogP contribution in [0.15, 0.2) is 47.8 Å². The van der Waals surface area contributed by atoms with Gasteiger partial charge in [0.15, 0.2) is 5.69 Å². The maximum atomic E-state index is 13.0. The molecule has 2 aromatic carbocycles. The number of anilines is 1. The Balaban J connectivity index is 1.77. The predicted molar refractivity (Wildman–Crippen MR) is 106 cm³/mol. The average Bonchev–Trinajstić information content (AvgIpc) is 3.19. The number of amides is 2. The summed E-state index contributed by atoms with van der Waals surface area (Å²) in [6.45, 7) is 3.93. The van der Waals surface area contributed by atoms with Gasteiger partial charge in [0.05, 0.1) is 0 Å². The first-order chi connectivity index (χ1) is 13.4. The van der Waals surface area contributed by atoms with Crippen molar-refractivity contribution < 1.29 is 14.0 Å². The molecule has 0 aliphatic carbocycles. The van der Waals surface area contributed by atoms with Crippen LogP contribution >= 0.6 is 11.5 Å². The quantitative estimate of drug-likeness (QED) is 0.692. The fourth-order valence-electron chi connectivity index (χ4n) is 2.79. The van der Waals surface area contributed by atoms with E-state index >= 15 is 0 Å². The maximum absolute atomic E-state index is 13.0. The number of carbonyl (C=O) groups is 2. The molecular formula is C20H19FN4O2S. The molecule has 3 rings (SSSR count). The molecule has 0 aliphatic rings. The van der Waals surface area contributed by atoms with Crippen LogP contribution in [-0.2, 0) is 11.3 Å². The lowest BCUT2D eigenvalue weighted by Crippen LogP contribution is -2.41. The average molecular weight is 398 g/mol. The molecule has 1 aromatic heterocycles. The highest BCUT2D eigenvalue weighted by Crippen LogP contribution is 2.21. The van der Waals surface area contributed by atoms with Crippen molar-refractivity contribution in [3.8, 4) is 0 Å². The fraction of sp³-hybridized carbons (Fsp3) is 0.200. The Kier molecular flexibility index (Phi) is 6.10. The molecule has 0 fully saturated rings. The van der Waals surface area contributed by atoms with E-state index in [1.807, 2.05) is 32.0 Å². The molecule has 6 nitrogen and oxygen atoms in total. The van der Waals surface area contributed by atoms with Gasteiger partial charge in [-0.2, -0.15) is 0 Å². The summed E-state index contributed by atoms with van der Waals surface area (Å²) < 4.78 is 16.7. The van der Waals surface area contributed by atoms with E-state index in [1.165, 1.54) is 17.0 Å². The summed E-state index contributed by atoms with van der Waals surface area (Å²) in [5.41, 5.74) is 3.54. The molecule has 0 aliphatic heterocycles. The molecular weight excluding hydrogens is 379 g/mol. The topological polar surface area (TPSA) is 75.2 Å². The number of carbonyl (C=O) groups excluding carboxylic acids is 2. The fourth-order valence-corrected chi connectivity index (χ4v) is 3.22. The van der Waals surface area contributed by atoms with Gasteiger partial charge < -0.3 is 5.32 Å². The van der Waals surface area contributed by atoms with Crippen molar-refractivity contribution >= 4 is 29.0 Å². The summed E-state index contributed by atoms with van der Waals surface area (Å²) in [5, 5.41) is 8.14. The number of halogens is 1. The molecule has 0 spiro atoms. The van der Waals surface area contributed by atoms with E-state index < -0.39 is 5.91 Å². The van der Waals surface area contributed by atoms with Crippen LogP contribution in [0.5, 0.6) is 0 Å². The minimum absolute atomic E-state index is 0.166. The van der Waals surface area contributed by atoms with Gasteiger partial charge in [-0.05, 0) is 66.3 Å². The number of nitrogens with one attached hydrogen (secondary N) is 1. The number of nitrogens with zero attached hydrogens (tertiary/aromatic N) is 3. The van der Waals surface area contributed by atoms with Crippen molar-refractivity contribution in [3.63, 3.8) is 0 Å². The standard InChI is InChI=1S/C20H19FN4O2S/c1-13-7-14(2)9-17(8-13)25(20(27)18-12-28-24-23-18)11-19(26)22-10-15-3-5-16(21)6-4-15/h3-9,12H,10-11H2,1-2H3,(H,22,26). The zero-order chi connectivity index (χ0) is 20.1. The lowest BCUT2D eigenvalue weighted by Gasteiger charge is -2.22. The van der Waals surface area contributed by atoms with E-state index in [0.29, 0.717) is 5.69 Å². The van der Waals surface area contributed by atoms with Crippen LogP contribution in [0, 0.1) is 19.7 Å². The summed E-state index contributed by atoms with van der Waals surface area (Å²) in [5.74, 6) is -1.06. The summed E-state index contributed by atoms with van der Waals surface area (Å²) in [7, 11) is 0. The number of hydrogen-bond acceptors (Lipinski definition) is 5. The number of hydrogen-bond donors (Lipinski definition) is 1. The number of rotatable bonds is 6. The monoisotopic (exact) mass is 398 g/mol. The molecule has 28 heavy (non-hydrogen) atoms. The Hall–Kier alpha value is -3.13. The zero-order valence-electron chi connectivity index (χ0n) is 15.5. The van der Waals surface area contributed by atoms with Gasteiger partial charge >= 0.3 is 0 Å². The first-order valence-corrected chi connectivity index (χ1v) is 9.44. The van der Waals surface area contributed by atoms with Gasteiger partial charge in [0.2, 0.25) is 5.91 Å². The largest absolute Gasteiger partial charge is 0.350 e. The third-order valence-corrected chi connectivity index (χ3v) is 4.55. The van der Waals surface area contributed by atoms with Gasteiger partial charge in [-0.3, -0.25) is 14.5 Å². The van der Waals surface area contributed by atoms with Crippen LogP contribution in [0.2, 0.25) is 0 Å². The summed E-state index contributed by atoms with van der Waals surface area (Å²) in [6.07, 6.45) is 0. The zero-order valence-corrected chi connectivity index (χ0v) is 16.3. The molecule has 1 N–H and O–H groups in total. The van der Waals surface area contributed by atoms with Crippen LogP contribution in [0.3, 0.4) is 0 Å². The molecule has 0 atom stereocenters. The Morgan fingerprint density at radius 3 is 2.39 bits per heavy atom. The molecule has 8 heteroatoms.